The van der Waals surface area contributed by atoms with Gasteiger partial charge in [0, 0.05) is 54.7 Å². The van der Waals surface area contributed by atoms with E-state index in [1.54, 1.807) is 11.3 Å². The molecule has 4 heterocycles. The zero-order chi connectivity index (χ0) is 29.1. The number of aryl methyl sites for hydroxylation is 1. The maximum atomic E-state index is 13.0. The smallest absolute Gasteiger partial charge is 0.228 e. The van der Waals surface area contributed by atoms with E-state index in [4.69, 9.17) is 4.98 Å². The van der Waals surface area contributed by atoms with Crippen LogP contribution >= 0.6 is 23.1 Å². The van der Waals surface area contributed by atoms with Gasteiger partial charge in [-0.1, -0.05) is 59.8 Å². The summed E-state index contributed by atoms with van der Waals surface area (Å²) in [7, 11) is 0. The van der Waals surface area contributed by atoms with E-state index >= 15 is 0 Å². The molecular weight excluding hydrogens is 565 g/mol. The molecule has 3 aromatic heterocycles. The molecule has 2 amide bonds. The normalized spacial score (nSPS) is 15.5. The van der Waals surface area contributed by atoms with Gasteiger partial charge in [0.1, 0.15) is 5.52 Å². The van der Waals surface area contributed by atoms with Crippen molar-refractivity contribution in [3.05, 3.63) is 82.0 Å². The number of carbonyl (C=O) groups is 2. The van der Waals surface area contributed by atoms with E-state index in [-0.39, 0.29) is 17.9 Å². The largest absolute Gasteiger partial charge is 0.339 e. The fourth-order valence-corrected chi connectivity index (χ4v) is 7.02. The number of thioether (sulfide) groups is 1. The molecule has 2 aromatic carbocycles. The van der Waals surface area contributed by atoms with Crippen LogP contribution in [-0.4, -0.2) is 72.8 Å². The average molecular weight is 599 g/mol. The van der Waals surface area contributed by atoms with Crippen molar-refractivity contribution in [2.24, 2.45) is 0 Å². The number of hydrogen-bond acceptors (Lipinski definition) is 7. The zero-order valence-electron chi connectivity index (χ0n) is 23.9. The highest BCUT2D eigenvalue weighted by Gasteiger charge is 2.29. The van der Waals surface area contributed by atoms with Crippen LogP contribution in [0.3, 0.4) is 0 Å². The quantitative estimate of drug-likeness (QED) is 0.163. The number of thiophene rings is 1. The minimum atomic E-state index is 0.0159. The number of carbonyl (C=O) groups excluding carboxylic acids is 2. The molecule has 0 N–H and O–H groups in total. The monoisotopic (exact) mass is 598 g/mol. The summed E-state index contributed by atoms with van der Waals surface area (Å²) in [5, 5.41) is 12.7. The Hall–Kier alpha value is -3.76. The highest BCUT2D eigenvalue weighted by Crippen LogP contribution is 2.29. The maximum absolute atomic E-state index is 13.0. The lowest BCUT2D eigenvalue weighted by atomic mass is 10.1. The Morgan fingerprint density at radius 3 is 2.67 bits per heavy atom. The Labute approximate surface area is 253 Å². The van der Waals surface area contributed by atoms with E-state index < -0.39 is 0 Å². The van der Waals surface area contributed by atoms with Gasteiger partial charge in [0.15, 0.2) is 5.65 Å². The second kappa shape index (κ2) is 12.6. The van der Waals surface area contributed by atoms with Crippen molar-refractivity contribution in [2.75, 3.05) is 25.4 Å². The van der Waals surface area contributed by atoms with Crippen molar-refractivity contribution in [2.45, 2.75) is 50.9 Å². The van der Waals surface area contributed by atoms with Gasteiger partial charge in [-0.15, -0.1) is 21.5 Å². The summed E-state index contributed by atoms with van der Waals surface area (Å²) < 4.78 is 2.22. The molecule has 8 nitrogen and oxygen atoms in total. The van der Waals surface area contributed by atoms with Crippen LogP contribution in [0.4, 0.5) is 0 Å². The van der Waals surface area contributed by atoms with E-state index in [1.165, 1.54) is 22.9 Å². The van der Waals surface area contributed by atoms with Crippen LogP contribution in [-0.2, 0) is 22.6 Å². The van der Waals surface area contributed by atoms with Crippen molar-refractivity contribution in [1.82, 2.24) is 29.5 Å². The van der Waals surface area contributed by atoms with Gasteiger partial charge in [0.25, 0.3) is 0 Å². The van der Waals surface area contributed by atoms with Crippen LogP contribution in [0.1, 0.15) is 35.8 Å². The standard InChI is InChI=1S/C32H34N6O2S2/c1-22-12-13-27-26(18-22)30-31(38(27)21-24-8-4-3-5-9-24)33-32(35-34-30)42-17-7-11-28(39)36-14-15-37(23(2)20-36)29(40)19-25-10-6-16-41-25/h3-6,8-10,12-13,16,18,23H,7,11,14-15,17,19-21H2,1-2H3. The number of aromatic nitrogens is 4. The molecule has 5 aromatic rings. The summed E-state index contributed by atoms with van der Waals surface area (Å²) in [5.41, 5.74) is 5.11. The van der Waals surface area contributed by atoms with Gasteiger partial charge in [0.05, 0.1) is 11.9 Å². The van der Waals surface area contributed by atoms with Crippen molar-refractivity contribution in [3.63, 3.8) is 0 Å². The molecule has 1 aliphatic heterocycles. The molecule has 216 valence electrons. The molecule has 6 rings (SSSR count). The van der Waals surface area contributed by atoms with Crippen LogP contribution < -0.4 is 0 Å². The van der Waals surface area contributed by atoms with Gasteiger partial charge in [-0.3, -0.25) is 9.59 Å². The van der Waals surface area contributed by atoms with Crippen LogP contribution in [0.25, 0.3) is 22.1 Å². The van der Waals surface area contributed by atoms with E-state index in [2.05, 4.69) is 64.2 Å². The van der Waals surface area contributed by atoms with Gasteiger partial charge in [-0.2, -0.15) is 0 Å². The number of nitrogens with zero attached hydrogens (tertiary/aromatic N) is 6. The van der Waals surface area contributed by atoms with Crippen molar-refractivity contribution in [3.8, 4) is 0 Å². The number of rotatable bonds is 9. The van der Waals surface area contributed by atoms with E-state index in [0.29, 0.717) is 44.2 Å². The number of fused-ring (bicyclic) bond motifs is 3. The van der Waals surface area contributed by atoms with Gasteiger partial charge in [-0.05, 0) is 49.4 Å². The second-order valence-electron chi connectivity index (χ2n) is 10.8. The predicted molar refractivity (Wildman–Crippen MR) is 169 cm³/mol. The highest BCUT2D eigenvalue weighted by molar-refractivity contribution is 7.99. The highest BCUT2D eigenvalue weighted by atomic mass is 32.2. The molecule has 1 atom stereocenters. The molecule has 42 heavy (non-hydrogen) atoms. The number of benzene rings is 2. The fraction of sp³-hybridized carbons (Fsp3) is 0.344. The van der Waals surface area contributed by atoms with Crippen LogP contribution in [0.15, 0.2) is 71.2 Å². The maximum Gasteiger partial charge on any atom is 0.228 e. The molecule has 10 heteroatoms. The van der Waals surface area contributed by atoms with Crippen LogP contribution in [0.5, 0.6) is 0 Å². The molecule has 1 aliphatic rings. The SMILES string of the molecule is Cc1ccc2c(c1)c1nnc(SCCCC(=O)N3CCN(C(=O)Cc4cccs4)C(C)C3)nc1n2Cc1ccccc1. The summed E-state index contributed by atoms with van der Waals surface area (Å²) in [5.74, 6) is 1.00. The Kier molecular flexibility index (Phi) is 8.53. The van der Waals surface area contributed by atoms with Gasteiger partial charge in [0.2, 0.25) is 17.0 Å². The summed E-state index contributed by atoms with van der Waals surface area (Å²) >= 11 is 3.14. The molecule has 0 spiro atoms. The minimum Gasteiger partial charge on any atom is -0.339 e. The third-order valence-corrected chi connectivity index (χ3v) is 9.56. The molecule has 0 aliphatic carbocycles. The number of amides is 2. The first-order chi connectivity index (χ1) is 20.5. The van der Waals surface area contributed by atoms with Gasteiger partial charge < -0.3 is 14.4 Å². The molecule has 0 bridgehead atoms. The molecule has 1 saturated heterocycles. The Balaban J connectivity index is 1.06. The molecule has 1 fully saturated rings. The van der Waals surface area contributed by atoms with Crippen molar-refractivity contribution in [1.29, 1.82) is 0 Å². The lowest BCUT2D eigenvalue weighted by Gasteiger charge is -2.40. The topological polar surface area (TPSA) is 84.2 Å². The molecule has 0 radical (unpaired) electrons. The summed E-state index contributed by atoms with van der Waals surface area (Å²) in [4.78, 5) is 35.6. The lowest BCUT2D eigenvalue weighted by molar-refractivity contribution is -0.142. The fourth-order valence-electron chi connectivity index (χ4n) is 5.61. The third-order valence-electron chi connectivity index (χ3n) is 7.76. The first kappa shape index (κ1) is 28.4. The van der Waals surface area contributed by atoms with E-state index in [9.17, 15) is 9.59 Å². The van der Waals surface area contributed by atoms with Crippen molar-refractivity contribution >= 4 is 57.0 Å². The Morgan fingerprint density at radius 1 is 1.02 bits per heavy atom. The number of piperazine rings is 1. The van der Waals surface area contributed by atoms with E-state index in [0.717, 1.165) is 39.1 Å². The first-order valence-corrected chi connectivity index (χ1v) is 16.2. The summed E-state index contributed by atoms with van der Waals surface area (Å²) in [6.45, 7) is 6.56. The molecule has 1 unspecified atom stereocenters. The third kappa shape index (κ3) is 6.19. The summed E-state index contributed by atoms with van der Waals surface area (Å²) in [6, 6.07) is 20.8. The predicted octanol–water partition coefficient (Wildman–Crippen LogP) is 5.57. The second-order valence-corrected chi connectivity index (χ2v) is 12.9. The van der Waals surface area contributed by atoms with Gasteiger partial charge in [-0.25, -0.2) is 4.98 Å². The van der Waals surface area contributed by atoms with Crippen molar-refractivity contribution < 1.29 is 9.59 Å². The molecule has 0 saturated carbocycles. The first-order valence-electron chi connectivity index (χ1n) is 14.4. The van der Waals surface area contributed by atoms with E-state index in [1.807, 2.05) is 40.3 Å². The Bertz CT molecular complexity index is 1700. The minimum absolute atomic E-state index is 0.0159. The average Bonchev–Trinajstić information content (AvgIpc) is 3.61. The van der Waals surface area contributed by atoms with Gasteiger partial charge >= 0.3 is 0 Å². The lowest BCUT2D eigenvalue weighted by Crippen LogP contribution is -2.55. The van der Waals surface area contributed by atoms with Crippen LogP contribution in [0.2, 0.25) is 0 Å². The Morgan fingerprint density at radius 2 is 1.88 bits per heavy atom. The molecular formula is C32H34N6O2S2. The zero-order valence-corrected chi connectivity index (χ0v) is 25.5. The van der Waals surface area contributed by atoms with Crippen LogP contribution in [0, 0.1) is 6.92 Å². The summed E-state index contributed by atoms with van der Waals surface area (Å²) in [6.07, 6.45) is 1.62. The number of hydrogen-bond donors (Lipinski definition) is 0.